The van der Waals surface area contributed by atoms with Crippen LogP contribution in [-0.4, -0.2) is 35.3 Å². The molecule has 3 heterocycles. The minimum Gasteiger partial charge on any atom is -0.493 e. The third-order valence-electron chi connectivity index (χ3n) is 6.46. The summed E-state index contributed by atoms with van der Waals surface area (Å²) < 4.78 is 5.29. The highest BCUT2D eigenvalue weighted by molar-refractivity contribution is 7.15. The second-order valence-electron chi connectivity index (χ2n) is 8.69. The zero-order valence-corrected chi connectivity index (χ0v) is 20.1. The van der Waals surface area contributed by atoms with Crippen molar-refractivity contribution in [2.75, 3.05) is 23.9 Å². The van der Waals surface area contributed by atoms with Crippen LogP contribution >= 0.6 is 22.9 Å². The predicted octanol–water partition coefficient (Wildman–Crippen LogP) is 4.88. The van der Waals surface area contributed by atoms with Gasteiger partial charge in [0.2, 0.25) is 5.91 Å². The Labute approximate surface area is 197 Å². The number of ketones is 1. The minimum atomic E-state index is 0.0358. The molecule has 0 spiro atoms. The zero-order valence-electron chi connectivity index (χ0n) is 18.5. The number of hydrogen-bond donors (Lipinski definition) is 1. The second-order valence-corrected chi connectivity index (χ2v) is 10.1. The van der Waals surface area contributed by atoms with Gasteiger partial charge in [0.15, 0.2) is 16.0 Å². The Hall–Kier alpha value is -2.19. The Balaban J connectivity index is 1.33. The van der Waals surface area contributed by atoms with Gasteiger partial charge < -0.3 is 19.7 Å². The number of anilines is 2. The number of rotatable bonds is 7. The number of nitrogens with zero attached hydrogens (tertiary/aromatic N) is 3. The molecule has 2 aromatic rings. The number of nitrogens with one attached hydrogen (secondary N) is 1. The fourth-order valence-electron chi connectivity index (χ4n) is 4.53. The molecule has 0 radical (unpaired) electrons. The summed E-state index contributed by atoms with van der Waals surface area (Å²) in [6, 6.07) is 1.90. The number of fused-ring (bicyclic) bond motifs is 1. The number of carbonyl (C=O) groups is 2. The molecule has 1 saturated carbocycles. The van der Waals surface area contributed by atoms with Crippen molar-refractivity contribution in [3.63, 3.8) is 0 Å². The second kappa shape index (κ2) is 10.2. The van der Waals surface area contributed by atoms with Crippen LogP contribution in [0.4, 0.5) is 10.8 Å². The third-order valence-corrected chi connectivity index (χ3v) is 7.74. The van der Waals surface area contributed by atoms with Gasteiger partial charge in [-0.15, -0.1) is 0 Å². The smallest absolute Gasteiger partial charge is 0.229 e. The van der Waals surface area contributed by atoms with Crippen LogP contribution < -0.4 is 15.0 Å². The molecule has 1 fully saturated rings. The maximum atomic E-state index is 12.8. The molecule has 0 unspecified atom stereocenters. The fourth-order valence-corrected chi connectivity index (χ4v) is 5.74. The molecule has 1 amide bonds. The molecule has 4 rings (SSSR count). The van der Waals surface area contributed by atoms with Crippen LogP contribution in [0.3, 0.4) is 0 Å². The summed E-state index contributed by atoms with van der Waals surface area (Å²) in [5.41, 5.74) is 2.01. The molecular weight excluding hydrogens is 448 g/mol. The van der Waals surface area contributed by atoms with Gasteiger partial charge in [-0.3, -0.25) is 4.79 Å². The quantitative estimate of drug-likeness (QED) is 0.573. The number of thiazole rings is 1. The van der Waals surface area contributed by atoms with Gasteiger partial charge in [0.05, 0.1) is 31.2 Å². The van der Waals surface area contributed by atoms with Crippen molar-refractivity contribution >= 4 is 45.4 Å². The zero-order chi connectivity index (χ0) is 22.7. The van der Waals surface area contributed by atoms with Crippen LogP contribution in [0.2, 0.25) is 5.15 Å². The molecular formula is C23H29ClN4O3S. The molecule has 1 aliphatic heterocycles. The van der Waals surface area contributed by atoms with E-state index in [4.69, 9.17) is 16.3 Å². The first-order valence-corrected chi connectivity index (χ1v) is 12.4. The highest BCUT2D eigenvalue weighted by atomic mass is 35.5. The standard InChI is InChI=1S/C23H29ClN4O3S/c1-14(29)3-4-15-5-7-16(8-6-15)22(30)27-23-26-18-9-10-28(13-20(18)32-23)17-11-19(31-2)21(24)25-12-17/h11-12,15-16H,3-10,13H2,1-2H3,(H,26,27,30). The number of Topliss-reactive ketones (excluding diaryl/α,β-unsaturated/α-hetero) is 1. The Morgan fingerprint density at radius 2 is 2.09 bits per heavy atom. The highest BCUT2D eigenvalue weighted by Gasteiger charge is 2.28. The molecule has 0 aromatic carbocycles. The summed E-state index contributed by atoms with van der Waals surface area (Å²) in [5.74, 6) is 1.49. The van der Waals surface area contributed by atoms with Gasteiger partial charge in [0.25, 0.3) is 0 Å². The minimum absolute atomic E-state index is 0.0358. The average molecular weight is 477 g/mol. The van der Waals surface area contributed by atoms with E-state index < -0.39 is 0 Å². The van der Waals surface area contributed by atoms with Crippen molar-refractivity contribution in [2.24, 2.45) is 11.8 Å². The third kappa shape index (κ3) is 5.41. The number of aromatic nitrogens is 2. The van der Waals surface area contributed by atoms with Gasteiger partial charge in [-0.25, -0.2) is 9.97 Å². The van der Waals surface area contributed by atoms with Gasteiger partial charge >= 0.3 is 0 Å². The van der Waals surface area contributed by atoms with Crippen LogP contribution in [0.1, 0.15) is 56.0 Å². The first-order valence-electron chi connectivity index (χ1n) is 11.2. The van der Waals surface area contributed by atoms with Gasteiger partial charge in [0.1, 0.15) is 5.78 Å². The SMILES string of the molecule is COc1cc(N2CCc3nc(NC(=O)C4CCC(CCC(C)=O)CC4)sc3C2)cnc1Cl. The monoisotopic (exact) mass is 476 g/mol. The van der Waals surface area contributed by atoms with E-state index in [9.17, 15) is 9.59 Å². The molecule has 1 aliphatic carbocycles. The number of ether oxygens (including phenoxy) is 1. The summed E-state index contributed by atoms with van der Waals surface area (Å²) in [6.45, 7) is 3.19. The maximum Gasteiger partial charge on any atom is 0.229 e. The van der Waals surface area contributed by atoms with E-state index in [-0.39, 0.29) is 17.6 Å². The van der Waals surface area contributed by atoms with Crippen molar-refractivity contribution in [3.8, 4) is 5.75 Å². The van der Waals surface area contributed by atoms with Crippen molar-refractivity contribution in [2.45, 2.75) is 58.4 Å². The van der Waals surface area contributed by atoms with Crippen LogP contribution in [0.5, 0.6) is 5.75 Å². The molecule has 2 aromatic heterocycles. The molecule has 0 bridgehead atoms. The summed E-state index contributed by atoms with van der Waals surface area (Å²) >= 11 is 7.60. The number of pyridine rings is 1. The van der Waals surface area contributed by atoms with E-state index in [0.29, 0.717) is 28.4 Å². The molecule has 0 saturated heterocycles. The number of hydrogen-bond acceptors (Lipinski definition) is 7. The van der Waals surface area contributed by atoms with Crippen molar-refractivity contribution in [1.29, 1.82) is 0 Å². The van der Waals surface area contributed by atoms with Gasteiger partial charge in [-0.1, -0.05) is 22.9 Å². The topological polar surface area (TPSA) is 84.4 Å². The Kier molecular flexibility index (Phi) is 7.30. The summed E-state index contributed by atoms with van der Waals surface area (Å²) in [5, 5.41) is 4.10. The van der Waals surface area contributed by atoms with Crippen molar-refractivity contribution < 1.29 is 14.3 Å². The number of halogens is 1. The Morgan fingerprint density at radius 1 is 1.31 bits per heavy atom. The van der Waals surface area contributed by atoms with Gasteiger partial charge in [-0.2, -0.15) is 0 Å². The normalized spacial score (nSPS) is 20.5. The number of methoxy groups -OCH3 is 1. The van der Waals surface area contributed by atoms with E-state index in [1.165, 1.54) is 0 Å². The van der Waals surface area contributed by atoms with Gasteiger partial charge in [0, 0.05) is 36.2 Å². The molecule has 32 heavy (non-hydrogen) atoms. The lowest BCUT2D eigenvalue weighted by Crippen LogP contribution is -2.29. The summed E-state index contributed by atoms with van der Waals surface area (Å²) in [6.07, 6.45) is 7.99. The van der Waals surface area contributed by atoms with Crippen LogP contribution in [0, 0.1) is 11.8 Å². The number of carbonyl (C=O) groups excluding carboxylic acids is 2. The summed E-state index contributed by atoms with van der Waals surface area (Å²) in [4.78, 5) is 36.3. The lowest BCUT2D eigenvalue weighted by atomic mass is 9.79. The Bertz CT molecular complexity index is 988. The lowest BCUT2D eigenvalue weighted by Gasteiger charge is -2.28. The first-order chi connectivity index (χ1) is 15.4. The molecule has 2 aliphatic rings. The first kappa shape index (κ1) is 23.0. The van der Waals surface area contributed by atoms with Crippen molar-refractivity contribution in [3.05, 3.63) is 28.0 Å². The van der Waals surface area contributed by atoms with Gasteiger partial charge in [-0.05, 0) is 44.9 Å². The van der Waals surface area contributed by atoms with E-state index in [2.05, 4.69) is 20.2 Å². The van der Waals surface area contributed by atoms with Crippen LogP contribution in [0.15, 0.2) is 12.3 Å². The maximum absolute atomic E-state index is 12.8. The van der Waals surface area contributed by atoms with Crippen molar-refractivity contribution in [1.82, 2.24) is 9.97 Å². The number of amides is 1. The van der Waals surface area contributed by atoms with Crippen LogP contribution in [-0.2, 0) is 22.6 Å². The highest BCUT2D eigenvalue weighted by Crippen LogP contribution is 2.35. The molecule has 9 heteroatoms. The lowest BCUT2D eigenvalue weighted by molar-refractivity contribution is -0.121. The molecule has 172 valence electrons. The average Bonchev–Trinajstić information content (AvgIpc) is 3.19. The fraction of sp³-hybridized carbons (Fsp3) is 0.565. The van der Waals surface area contributed by atoms with Crippen LogP contribution in [0.25, 0.3) is 0 Å². The molecule has 1 N–H and O–H groups in total. The van der Waals surface area contributed by atoms with E-state index in [0.717, 1.165) is 67.9 Å². The Morgan fingerprint density at radius 3 is 2.81 bits per heavy atom. The van der Waals surface area contributed by atoms with E-state index >= 15 is 0 Å². The summed E-state index contributed by atoms with van der Waals surface area (Å²) in [7, 11) is 1.58. The predicted molar refractivity (Wildman–Crippen MR) is 127 cm³/mol. The van der Waals surface area contributed by atoms with E-state index in [1.807, 2.05) is 6.07 Å². The van der Waals surface area contributed by atoms with E-state index in [1.54, 1.807) is 31.6 Å². The molecule has 7 nitrogen and oxygen atoms in total. The largest absolute Gasteiger partial charge is 0.493 e. The molecule has 0 atom stereocenters.